The first-order chi connectivity index (χ1) is 11.3. The Bertz CT molecular complexity index is 800. The lowest BCUT2D eigenvalue weighted by Gasteiger charge is -2.32. The second-order valence-corrected chi connectivity index (χ2v) is 6.45. The van der Waals surface area contributed by atoms with E-state index in [4.69, 9.17) is 9.92 Å². The van der Waals surface area contributed by atoms with Gasteiger partial charge in [-0.3, -0.25) is 0 Å². The molecule has 0 saturated heterocycles. The van der Waals surface area contributed by atoms with Gasteiger partial charge in [-0.25, -0.2) is 4.98 Å². The van der Waals surface area contributed by atoms with Crippen molar-refractivity contribution in [3.05, 3.63) is 30.0 Å². The molecule has 2 aromatic heterocycles. The molecule has 1 aliphatic heterocycles. The Morgan fingerprint density at radius 2 is 2.22 bits per heavy atom. The molecule has 5 nitrogen and oxygen atoms in total. The van der Waals surface area contributed by atoms with E-state index in [0.29, 0.717) is 24.0 Å². The molecule has 0 radical (unpaired) electrons. The number of nitrogens with one attached hydrogen (secondary N) is 1. The predicted molar refractivity (Wildman–Crippen MR) is 88.3 cm³/mol. The Hall–Kier alpha value is -2.26. The highest BCUT2D eigenvalue weighted by atomic mass is 16.5. The number of allylic oxidation sites excluding steroid dienone is 1. The van der Waals surface area contributed by atoms with Crippen molar-refractivity contribution in [1.82, 2.24) is 9.97 Å². The molecule has 1 fully saturated rings. The number of nitrogens with zero attached hydrogens (tertiary/aromatic N) is 2. The van der Waals surface area contributed by atoms with Crippen LogP contribution in [0.4, 0.5) is 0 Å². The number of nitriles is 1. The first-order valence-corrected chi connectivity index (χ1v) is 8.16. The van der Waals surface area contributed by atoms with Gasteiger partial charge in [0, 0.05) is 23.6 Å². The summed E-state index contributed by atoms with van der Waals surface area (Å²) in [4.78, 5) is 7.49. The van der Waals surface area contributed by atoms with Crippen LogP contribution in [0.1, 0.15) is 37.7 Å². The second kappa shape index (κ2) is 5.75. The van der Waals surface area contributed by atoms with E-state index in [9.17, 15) is 5.02 Å². The molecule has 4 rings (SSSR count). The van der Waals surface area contributed by atoms with Crippen molar-refractivity contribution in [2.45, 2.75) is 32.1 Å². The summed E-state index contributed by atoms with van der Waals surface area (Å²) in [6.07, 6.45) is 8.47. The number of hydrogen-bond donors (Lipinski definition) is 2. The van der Waals surface area contributed by atoms with E-state index in [0.717, 1.165) is 42.3 Å². The molecule has 1 saturated carbocycles. The zero-order valence-corrected chi connectivity index (χ0v) is 12.8. The van der Waals surface area contributed by atoms with E-state index in [1.165, 1.54) is 5.57 Å². The molecule has 0 unspecified atom stereocenters. The maximum atomic E-state index is 10.0. The van der Waals surface area contributed by atoms with Gasteiger partial charge in [-0.05, 0) is 55.1 Å². The molecule has 1 aliphatic carbocycles. The number of aromatic amines is 1. The summed E-state index contributed by atoms with van der Waals surface area (Å²) < 4.78 is 5.55. The molecule has 0 amide bonds. The average molecular weight is 307 g/mol. The van der Waals surface area contributed by atoms with Crippen LogP contribution in [0.5, 0.6) is 5.75 Å². The zero-order valence-electron chi connectivity index (χ0n) is 12.8. The lowest BCUT2D eigenvalue weighted by molar-refractivity contribution is 0.319. The van der Waals surface area contributed by atoms with Crippen LogP contribution in [-0.2, 0) is 0 Å². The minimum absolute atomic E-state index is 0.405. The third-order valence-corrected chi connectivity index (χ3v) is 5.08. The molecule has 2 aliphatic rings. The molecule has 6 heteroatoms. The van der Waals surface area contributed by atoms with Crippen LogP contribution in [0.15, 0.2) is 24.4 Å². The highest BCUT2D eigenvalue weighted by molar-refractivity contribution is 6.52. The molecule has 3 heterocycles. The monoisotopic (exact) mass is 307 g/mol. The minimum Gasteiger partial charge on any atom is -0.531 e. The van der Waals surface area contributed by atoms with Crippen LogP contribution >= 0.6 is 0 Å². The van der Waals surface area contributed by atoms with Crippen molar-refractivity contribution in [2.75, 3.05) is 0 Å². The fourth-order valence-electron chi connectivity index (χ4n) is 3.92. The quantitative estimate of drug-likeness (QED) is 0.835. The average Bonchev–Trinajstić information content (AvgIpc) is 3.03. The molecule has 0 atom stereocenters. The normalized spacial score (nSPS) is 23.8. The summed E-state index contributed by atoms with van der Waals surface area (Å²) in [5.74, 6) is 3.42. The molecule has 0 aromatic carbocycles. The summed E-state index contributed by atoms with van der Waals surface area (Å²) in [7, 11) is -0.910. The standard InChI is InChI=1S/C17H18BN3O2/c19-7-5-11-1-3-12(4-2-11)14-9-18(22)23-15-10-21-17-13(16(14)15)6-8-20-17/h6,8-12,22H,1-5H2,(H,20,21)/t11-,12-. The summed E-state index contributed by atoms with van der Waals surface area (Å²) in [5, 5.41) is 20.0. The van der Waals surface area contributed by atoms with Gasteiger partial charge >= 0.3 is 7.12 Å². The van der Waals surface area contributed by atoms with Gasteiger partial charge in [0.15, 0.2) is 0 Å². The van der Waals surface area contributed by atoms with Gasteiger partial charge in [0.2, 0.25) is 0 Å². The van der Waals surface area contributed by atoms with E-state index in [2.05, 4.69) is 16.0 Å². The second-order valence-electron chi connectivity index (χ2n) is 6.45. The molecule has 0 bridgehead atoms. The van der Waals surface area contributed by atoms with Crippen molar-refractivity contribution < 1.29 is 9.68 Å². The third-order valence-electron chi connectivity index (χ3n) is 5.08. The number of aromatic nitrogens is 2. The molecule has 23 heavy (non-hydrogen) atoms. The number of fused-ring (bicyclic) bond motifs is 3. The fraction of sp³-hybridized carbons (Fsp3) is 0.412. The minimum atomic E-state index is -0.910. The van der Waals surface area contributed by atoms with Gasteiger partial charge in [0.1, 0.15) is 11.4 Å². The molecular weight excluding hydrogens is 289 g/mol. The summed E-state index contributed by atoms with van der Waals surface area (Å²) >= 11 is 0. The van der Waals surface area contributed by atoms with Gasteiger partial charge < -0.3 is 14.7 Å². The van der Waals surface area contributed by atoms with Crippen LogP contribution in [0.2, 0.25) is 0 Å². The summed E-state index contributed by atoms with van der Waals surface area (Å²) in [6, 6.07) is 4.30. The first kappa shape index (κ1) is 14.3. The fourth-order valence-corrected chi connectivity index (χ4v) is 3.92. The van der Waals surface area contributed by atoms with E-state index >= 15 is 0 Å². The number of hydrogen-bond acceptors (Lipinski definition) is 4. The largest absolute Gasteiger partial charge is 0.552 e. The smallest absolute Gasteiger partial charge is 0.531 e. The highest BCUT2D eigenvalue weighted by Crippen LogP contribution is 2.44. The lowest BCUT2D eigenvalue weighted by Crippen LogP contribution is -2.27. The van der Waals surface area contributed by atoms with Gasteiger partial charge in [-0.15, -0.1) is 0 Å². The van der Waals surface area contributed by atoms with Crippen molar-refractivity contribution in [3.8, 4) is 11.8 Å². The number of pyridine rings is 1. The SMILES string of the molecule is N#CC[C@H]1CC[C@H](C2=CB(O)Oc3cnc4[nH]ccc4c32)CC1. The van der Waals surface area contributed by atoms with E-state index in [1.54, 1.807) is 6.20 Å². The Labute approximate surface area is 135 Å². The van der Waals surface area contributed by atoms with E-state index in [1.807, 2.05) is 18.2 Å². The van der Waals surface area contributed by atoms with Gasteiger partial charge in [0.25, 0.3) is 0 Å². The summed E-state index contributed by atoms with van der Waals surface area (Å²) in [5.41, 5.74) is 3.07. The molecule has 2 aromatic rings. The van der Waals surface area contributed by atoms with Crippen molar-refractivity contribution in [3.63, 3.8) is 0 Å². The van der Waals surface area contributed by atoms with Gasteiger partial charge in [-0.2, -0.15) is 5.26 Å². The number of H-pyrrole nitrogens is 1. The third kappa shape index (κ3) is 2.51. The van der Waals surface area contributed by atoms with Crippen LogP contribution in [0, 0.1) is 23.2 Å². The number of rotatable bonds is 2. The van der Waals surface area contributed by atoms with Crippen LogP contribution in [-0.4, -0.2) is 22.1 Å². The highest BCUT2D eigenvalue weighted by Gasteiger charge is 2.32. The Balaban J connectivity index is 1.69. The maximum Gasteiger partial charge on any atom is 0.552 e. The zero-order chi connectivity index (χ0) is 15.8. The Kier molecular flexibility index (Phi) is 3.58. The van der Waals surface area contributed by atoms with Crippen molar-refractivity contribution in [2.24, 2.45) is 11.8 Å². The lowest BCUT2D eigenvalue weighted by atomic mass is 9.71. The van der Waals surface area contributed by atoms with Crippen molar-refractivity contribution >= 4 is 23.7 Å². The van der Waals surface area contributed by atoms with Crippen LogP contribution in [0.3, 0.4) is 0 Å². The van der Waals surface area contributed by atoms with Crippen LogP contribution in [0.25, 0.3) is 16.6 Å². The summed E-state index contributed by atoms with van der Waals surface area (Å²) in [6.45, 7) is 0. The first-order valence-electron chi connectivity index (χ1n) is 8.16. The molecule has 0 spiro atoms. The topological polar surface area (TPSA) is 81.9 Å². The van der Waals surface area contributed by atoms with Crippen molar-refractivity contribution in [1.29, 1.82) is 5.26 Å². The maximum absolute atomic E-state index is 10.0. The van der Waals surface area contributed by atoms with Crippen LogP contribution < -0.4 is 4.65 Å². The Morgan fingerprint density at radius 3 is 3.00 bits per heavy atom. The van der Waals surface area contributed by atoms with E-state index < -0.39 is 7.12 Å². The van der Waals surface area contributed by atoms with Gasteiger partial charge in [0.05, 0.1) is 12.3 Å². The molecular formula is C17H18BN3O2. The molecule has 116 valence electrons. The van der Waals surface area contributed by atoms with Gasteiger partial charge in [-0.1, -0.05) is 0 Å². The van der Waals surface area contributed by atoms with E-state index in [-0.39, 0.29) is 0 Å². The Morgan fingerprint density at radius 1 is 1.39 bits per heavy atom. The molecule has 2 N–H and O–H groups in total. The predicted octanol–water partition coefficient (Wildman–Crippen LogP) is 3.08.